The molecule has 0 radical (unpaired) electrons. The van der Waals surface area contributed by atoms with E-state index in [1.165, 1.54) is 12.8 Å². The van der Waals surface area contributed by atoms with Crippen molar-refractivity contribution in [3.8, 4) is 12.3 Å². The lowest BCUT2D eigenvalue weighted by atomic mass is 9.77. The van der Waals surface area contributed by atoms with Gasteiger partial charge in [-0.25, -0.2) is 0 Å². The third-order valence-corrected chi connectivity index (χ3v) is 3.39. The summed E-state index contributed by atoms with van der Waals surface area (Å²) in [6.07, 6.45) is 10.2. The molecule has 1 aliphatic rings. The third-order valence-electron chi connectivity index (χ3n) is 3.39. The fraction of sp³-hybridized carbons (Fsp3) is 0.833. The fourth-order valence-electron chi connectivity index (χ4n) is 2.22. The summed E-state index contributed by atoms with van der Waals surface area (Å²) in [6, 6.07) is 0.131. The van der Waals surface area contributed by atoms with Crippen molar-refractivity contribution >= 4 is 0 Å². The molecule has 0 heterocycles. The van der Waals surface area contributed by atoms with Gasteiger partial charge in [0.2, 0.25) is 0 Å². The smallest absolute Gasteiger partial charge is 0.0663 e. The molecular formula is C12H22N2. The van der Waals surface area contributed by atoms with E-state index in [0.29, 0.717) is 6.54 Å². The molecule has 1 fully saturated rings. The molecular weight excluding hydrogens is 172 g/mol. The van der Waals surface area contributed by atoms with Crippen LogP contribution < -0.4 is 11.1 Å². The van der Waals surface area contributed by atoms with Crippen molar-refractivity contribution in [2.45, 2.75) is 51.1 Å². The zero-order valence-corrected chi connectivity index (χ0v) is 9.34. The molecule has 14 heavy (non-hydrogen) atoms. The average molecular weight is 194 g/mol. The summed E-state index contributed by atoms with van der Waals surface area (Å²) < 4.78 is 0. The van der Waals surface area contributed by atoms with Crippen LogP contribution in [0.2, 0.25) is 0 Å². The van der Waals surface area contributed by atoms with Gasteiger partial charge in [0.1, 0.15) is 0 Å². The van der Waals surface area contributed by atoms with Crippen molar-refractivity contribution < 1.29 is 0 Å². The zero-order valence-electron chi connectivity index (χ0n) is 9.34. The first-order valence-corrected chi connectivity index (χ1v) is 5.56. The Kier molecular flexibility index (Phi) is 3.97. The Labute approximate surface area is 87.6 Å². The van der Waals surface area contributed by atoms with Crippen LogP contribution in [0, 0.1) is 18.3 Å². The lowest BCUT2D eigenvalue weighted by Gasteiger charge is -2.40. The van der Waals surface area contributed by atoms with E-state index in [1.807, 2.05) is 6.92 Å². The zero-order chi connectivity index (χ0) is 10.6. The SMILES string of the molecule is C#CC(C)NC1(CN)CCC(C)CC1. The van der Waals surface area contributed by atoms with Crippen molar-refractivity contribution in [2.75, 3.05) is 6.54 Å². The Hall–Kier alpha value is -0.520. The van der Waals surface area contributed by atoms with E-state index in [-0.39, 0.29) is 11.6 Å². The molecule has 0 saturated heterocycles. The second kappa shape index (κ2) is 4.82. The van der Waals surface area contributed by atoms with Gasteiger partial charge in [-0.1, -0.05) is 12.8 Å². The summed E-state index contributed by atoms with van der Waals surface area (Å²) in [5, 5.41) is 3.49. The number of rotatable bonds is 3. The molecule has 0 aromatic heterocycles. The third kappa shape index (κ3) is 2.73. The van der Waals surface area contributed by atoms with Crippen molar-refractivity contribution in [1.82, 2.24) is 5.32 Å². The van der Waals surface area contributed by atoms with Gasteiger partial charge >= 0.3 is 0 Å². The number of terminal acetylenes is 1. The summed E-state index contributed by atoms with van der Waals surface area (Å²) >= 11 is 0. The topological polar surface area (TPSA) is 38.0 Å². The molecule has 3 N–H and O–H groups in total. The molecule has 2 nitrogen and oxygen atoms in total. The lowest BCUT2D eigenvalue weighted by molar-refractivity contribution is 0.196. The van der Waals surface area contributed by atoms with Gasteiger partial charge < -0.3 is 5.73 Å². The minimum atomic E-state index is 0.109. The largest absolute Gasteiger partial charge is 0.329 e. The Balaban J connectivity index is 2.55. The summed E-state index contributed by atoms with van der Waals surface area (Å²) in [7, 11) is 0. The molecule has 1 atom stereocenters. The van der Waals surface area contributed by atoms with Crippen molar-refractivity contribution in [2.24, 2.45) is 11.7 Å². The van der Waals surface area contributed by atoms with E-state index in [2.05, 4.69) is 18.2 Å². The molecule has 0 aromatic rings. The van der Waals surface area contributed by atoms with E-state index in [4.69, 9.17) is 12.2 Å². The average Bonchev–Trinajstić information content (AvgIpc) is 2.22. The first-order valence-electron chi connectivity index (χ1n) is 5.56. The van der Waals surface area contributed by atoms with Gasteiger partial charge in [-0.2, -0.15) is 0 Å². The van der Waals surface area contributed by atoms with Crippen molar-refractivity contribution in [3.05, 3.63) is 0 Å². The molecule has 0 aliphatic heterocycles. The molecule has 1 rings (SSSR count). The highest BCUT2D eigenvalue weighted by molar-refractivity contribution is 5.03. The van der Waals surface area contributed by atoms with Crippen LogP contribution in [0.25, 0.3) is 0 Å². The van der Waals surface area contributed by atoms with Gasteiger partial charge in [-0.3, -0.25) is 5.32 Å². The molecule has 0 amide bonds. The molecule has 1 unspecified atom stereocenters. The number of nitrogens with two attached hydrogens (primary N) is 1. The van der Waals surface area contributed by atoms with Gasteiger partial charge in [0.25, 0.3) is 0 Å². The number of nitrogens with one attached hydrogen (secondary N) is 1. The van der Waals surface area contributed by atoms with E-state index in [1.54, 1.807) is 0 Å². The van der Waals surface area contributed by atoms with Gasteiger partial charge in [0.15, 0.2) is 0 Å². The maximum absolute atomic E-state index is 5.86. The first kappa shape index (κ1) is 11.6. The van der Waals surface area contributed by atoms with Gasteiger partial charge in [-0.05, 0) is 38.5 Å². The fourth-order valence-corrected chi connectivity index (χ4v) is 2.22. The monoisotopic (exact) mass is 194 g/mol. The quantitative estimate of drug-likeness (QED) is 0.668. The predicted octanol–water partition coefficient (Wildman–Crippen LogP) is 1.51. The standard InChI is InChI=1S/C12H22N2/c1-4-11(3)14-12(9-13)7-5-10(2)6-8-12/h1,10-11,14H,5-9,13H2,2-3H3. The number of hydrogen-bond donors (Lipinski definition) is 2. The highest BCUT2D eigenvalue weighted by Gasteiger charge is 2.33. The second-order valence-electron chi connectivity index (χ2n) is 4.70. The highest BCUT2D eigenvalue weighted by Crippen LogP contribution is 2.31. The van der Waals surface area contributed by atoms with Crippen molar-refractivity contribution in [3.63, 3.8) is 0 Å². The molecule has 0 aromatic carbocycles. The van der Waals surface area contributed by atoms with Crippen LogP contribution in [0.15, 0.2) is 0 Å². The molecule has 1 saturated carbocycles. The summed E-state index contributed by atoms with van der Waals surface area (Å²) in [5.41, 5.74) is 5.97. The Morgan fingerprint density at radius 2 is 2.14 bits per heavy atom. The molecule has 80 valence electrons. The van der Waals surface area contributed by atoms with E-state index >= 15 is 0 Å². The van der Waals surface area contributed by atoms with Crippen LogP contribution in [-0.4, -0.2) is 18.1 Å². The Bertz CT molecular complexity index is 209. The van der Waals surface area contributed by atoms with Gasteiger partial charge in [-0.15, -0.1) is 6.42 Å². The van der Waals surface area contributed by atoms with Crippen molar-refractivity contribution in [1.29, 1.82) is 0 Å². The minimum absolute atomic E-state index is 0.109. The van der Waals surface area contributed by atoms with E-state index < -0.39 is 0 Å². The van der Waals surface area contributed by atoms with Gasteiger partial charge in [0.05, 0.1) is 6.04 Å². The van der Waals surface area contributed by atoms with Crippen LogP contribution in [0.4, 0.5) is 0 Å². The molecule has 2 heteroatoms. The lowest BCUT2D eigenvalue weighted by Crippen LogP contribution is -2.55. The summed E-state index contributed by atoms with van der Waals surface area (Å²) in [4.78, 5) is 0. The predicted molar refractivity (Wildman–Crippen MR) is 60.8 cm³/mol. The molecule has 0 bridgehead atoms. The number of hydrogen-bond acceptors (Lipinski definition) is 2. The van der Waals surface area contributed by atoms with E-state index in [0.717, 1.165) is 18.8 Å². The van der Waals surface area contributed by atoms with Gasteiger partial charge in [0, 0.05) is 12.1 Å². The maximum atomic E-state index is 5.86. The maximum Gasteiger partial charge on any atom is 0.0663 e. The second-order valence-corrected chi connectivity index (χ2v) is 4.70. The van der Waals surface area contributed by atoms with Crippen LogP contribution in [0.1, 0.15) is 39.5 Å². The van der Waals surface area contributed by atoms with Crippen LogP contribution in [-0.2, 0) is 0 Å². The Morgan fingerprint density at radius 1 is 1.57 bits per heavy atom. The molecule has 0 spiro atoms. The van der Waals surface area contributed by atoms with Crippen LogP contribution in [0.5, 0.6) is 0 Å². The van der Waals surface area contributed by atoms with Crippen LogP contribution in [0.3, 0.4) is 0 Å². The highest BCUT2D eigenvalue weighted by atomic mass is 15.0. The van der Waals surface area contributed by atoms with Crippen LogP contribution >= 0.6 is 0 Å². The first-order chi connectivity index (χ1) is 6.62. The normalized spacial score (nSPS) is 34.9. The molecule has 1 aliphatic carbocycles. The van der Waals surface area contributed by atoms with E-state index in [9.17, 15) is 0 Å². The summed E-state index contributed by atoms with van der Waals surface area (Å²) in [5.74, 6) is 3.56. The summed E-state index contributed by atoms with van der Waals surface area (Å²) in [6.45, 7) is 5.03. The minimum Gasteiger partial charge on any atom is -0.329 e. The Morgan fingerprint density at radius 3 is 2.57 bits per heavy atom.